The van der Waals surface area contributed by atoms with E-state index < -0.39 is 5.97 Å². The molecule has 0 fully saturated rings. The summed E-state index contributed by atoms with van der Waals surface area (Å²) in [4.78, 5) is 22.8. The highest BCUT2D eigenvalue weighted by molar-refractivity contribution is 5.92. The number of aliphatic hydroxyl groups is 1. The molecule has 0 spiro atoms. The first-order chi connectivity index (χ1) is 9.60. The summed E-state index contributed by atoms with van der Waals surface area (Å²) in [5, 5.41) is 20.5. The van der Waals surface area contributed by atoms with Crippen molar-refractivity contribution in [3.63, 3.8) is 0 Å². The number of aromatic carboxylic acids is 1. The minimum atomic E-state index is -1.07. The van der Waals surface area contributed by atoms with Crippen LogP contribution in [0.25, 0.3) is 0 Å². The molecule has 20 heavy (non-hydrogen) atoms. The Bertz CT molecular complexity index is 616. The number of carbonyl (C=O) groups excluding carboxylic acids is 1. The minimum absolute atomic E-state index is 0.0560. The monoisotopic (exact) mass is 274 g/mol. The summed E-state index contributed by atoms with van der Waals surface area (Å²) in [6, 6.07) is 9.77. The van der Waals surface area contributed by atoms with Gasteiger partial charge in [-0.25, -0.2) is 4.79 Å². The van der Waals surface area contributed by atoms with Gasteiger partial charge in [0.2, 0.25) is 5.91 Å². The Hall–Kier alpha value is -2.60. The number of carbonyl (C=O) groups is 2. The molecule has 0 aliphatic heterocycles. The third kappa shape index (κ3) is 3.24. The molecule has 0 unspecified atom stereocenters. The van der Waals surface area contributed by atoms with Gasteiger partial charge in [-0.3, -0.25) is 4.79 Å². The maximum absolute atomic E-state index is 11.8. The van der Waals surface area contributed by atoms with Crippen LogP contribution in [0.2, 0.25) is 0 Å². The van der Waals surface area contributed by atoms with Gasteiger partial charge in [0.25, 0.3) is 0 Å². The van der Waals surface area contributed by atoms with E-state index in [1.165, 1.54) is 16.8 Å². The number of carboxylic acids is 1. The molecule has 0 saturated carbocycles. The Morgan fingerprint density at radius 1 is 1.15 bits per heavy atom. The molecule has 0 saturated heterocycles. The van der Waals surface area contributed by atoms with Crippen LogP contribution in [0, 0.1) is 0 Å². The van der Waals surface area contributed by atoms with Gasteiger partial charge in [-0.1, -0.05) is 12.1 Å². The standard InChI is InChI=1S/C14H14N2O4/c17-9-10-3-5-11(6-4-10)15-13(18)8-16-7-1-2-12(16)14(19)20/h1-7,17H,8-9H2,(H,15,18)(H,19,20). The Morgan fingerprint density at radius 2 is 1.85 bits per heavy atom. The molecule has 1 aromatic carbocycles. The Balaban J connectivity index is 2.01. The van der Waals surface area contributed by atoms with Crippen molar-refractivity contribution in [3.05, 3.63) is 53.9 Å². The normalized spacial score (nSPS) is 10.2. The number of hydrogen-bond acceptors (Lipinski definition) is 3. The van der Waals surface area contributed by atoms with E-state index >= 15 is 0 Å². The quantitative estimate of drug-likeness (QED) is 0.766. The van der Waals surface area contributed by atoms with Gasteiger partial charge in [0.05, 0.1) is 6.61 Å². The summed E-state index contributed by atoms with van der Waals surface area (Å²) in [6.45, 7) is -0.129. The number of hydrogen-bond donors (Lipinski definition) is 3. The molecule has 0 radical (unpaired) electrons. The number of carboxylic acid groups (broad SMARTS) is 1. The van der Waals surface area contributed by atoms with Crippen molar-refractivity contribution >= 4 is 17.6 Å². The SMILES string of the molecule is O=C(Cn1cccc1C(=O)O)Nc1ccc(CO)cc1. The van der Waals surface area contributed by atoms with Crippen LogP contribution in [-0.4, -0.2) is 26.7 Å². The van der Waals surface area contributed by atoms with Gasteiger partial charge in [0.1, 0.15) is 12.2 Å². The molecule has 6 heteroatoms. The smallest absolute Gasteiger partial charge is 0.352 e. The number of rotatable bonds is 5. The first-order valence-electron chi connectivity index (χ1n) is 5.98. The molecule has 0 aliphatic rings. The van der Waals surface area contributed by atoms with Gasteiger partial charge in [-0.2, -0.15) is 0 Å². The Morgan fingerprint density at radius 3 is 2.45 bits per heavy atom. The largest absolute Gasteiger partial charge is 0.477 e. The zero-order valence-corrected chi connectivity index (χ0v) is 10.6. The van der Waals surface area contributed by atoms with Crippen molar-refractivity contribution in [2.24, 2.45) is 0 Å². The number of aliphatic hydroxyl groups excluding tert-OH is 1. The zero-order chi connectivity index (χ0) is 14.5. The van der Waals surface area contributed by atoms with Crippen molar-refractivity contribution < 1.29 is 19.8 Å². The van der Waals surface area contributed by atoms with E-state index in [0.29, 0.717) is 5.69 Å². The lowest BCUT2D eigenvalue weighted by Crippen LogP contribution is -2.20. The predicted molar refractivity (Wildman–Crippen MR) is 72.4 cm³/mol. The third-order valence-electron chi connectivity index (χ3n) is 2.78. The van der Waals surface area contributed by atoms with Crippen LogP contribution in [0.1, 0.15) is 16.1 Å². The van der Waals surface area contributed by atoms with Crippen molar-refractivity contribution in [3.8, 4) is 0 Å². The molecule has 1 amide bonds. The van der Waals surface area contributed by atoms with Crippen LogP contribution >= 0.6 is 0 Å². The highest BCUT2D eigenvalue weighted by Crippen LogP contribution is 2.10. The molecule has 2 aromatic rings. The number of benzene rings is 1. The van der Waals surface area contributed by atoms with Crippen LogP contribution in [-0.2, 0) is 17.9 Å². The first-order valence-corrected chi connectivity index (χ1v) is 5.98. The van der Waals surface area contributed by atoms with E-state index in [0.717, 1.165) is 5.56 Å². The molecule has 0 atom stereocenters. The lowest BCUT2D eigenvalue weighted by molar-refractivity contribution is -0.116. The van der Waals surface area contributed by atoms with Crippen molar-refractivity contribution in [2.75, 3.05) is 5.32 Å². The molecule has 0 bridgehead atoms. The summed E-state index contributed by atoms with van der Waals surface area (Å²) in [6.07, 6.45) is 1.54. The number of aromatic nitrogens is 1. The van der Waals surface area contributed by atoms with Crippen molar-refractivity contribution in [2.45, 2.75) is 13.2 Å². The van der Waals surface area contributed by atoms with Crippen LogP contribution in [0.5, 0.6) is 0 Å². The molecule has 2 rings (SSSR count). The molecule has 1 aromatic heterocycles. The molecular weight excluding hydrogens is 260 g/mol. The summed E-state index contributed by atoms with van der Waals surface area (Å²) in [5.41, 5.74) is 1.41. The predicted octanol–water partition coefficient (Wildman–Crippen LogP) is 1.32. The number of nitrogens with one attached hydrogen (secondary N) is 1. The maximum atomic E-state index is 11.8. The van der Waals surface area contributed by atoms with Crippen LogP contribution in [0.3, 0.4) is 0 Å². The minimum Gasteiger partial charge on any atom is -0.477 e. The number of amides is 1. The van der Waals surface area contributed by atoms with E-state index in [4.69, 9.17) is 10.2 Å². The van der Waals surface area contributed by atoms with Gasteiger partial charge >= 0.3 is 5.97 Å². The topological polar surface area (TPSA) is 91.6 Å². The van der Waals surface area contributed by atoms with E-state index in [1.54, 1.807) is 30.3 Å². The van der Waals surface area contributed by atoms with Crippen LogP contribution in [0.15, 0.2) is 42.6 Å². The average molecular weight is 274 g/mol. The third-order valence-corrected chi connectivity index (χ3v) is 2.78. The summed E-state index contributed by atoms with van der Waals surface area (Å²) in [5.74, 6) is -1.39. The van der Waals surface area contributed by atoms with E-state index in [9.17, 15) is 9.59 Å². The second-order valence-electron chi connectivity index (χ2n) is 4.23. The number of nitrogens with zero attached hydrogens (tertiary/aromatic N) is 1. The van der Waals surface area contributed by atoms with Crippen molar-refractivity contribution in [1.29, 1.82) is 0 Å². The lowest BCUT2D eigenvalue weighted by Gasteiger charge is -2.08. The van der Waals surface area contributed by atoms with E-state index in [1.807, 2.05) is 0 Å². The highest BCUT2D eigenvalue weighted by Gasteiger charge is 2.11. The van der Waals surface area contributed by atoms with Crippen LogP contribution < -0.4 is 5.32 Å². The second-order valence-corrected chi connectivity index (χ2v) is 4.23. The molecule has 1 heterocycles. The van der Waals surface area contributed by atoms with Gasteiger partial charge < -0.3 is 20.1 Å². The first kappa shape index (κ1) is 13.8. The summed E-state index contributed by atoms with van der Waals surface area (Å²) < 4.78 is 1.36. The van der Waals surface area contributed by atoms with Gasteiger partial charge in [-0.05, 0) is 29.8 Å². The zero-order valence-electron chi connectivity index (χ0n) is 10.6. The Labute approximate surface area is 115 Å². The van der Waals surface area contributed by atoms with Gasteiger partial charge in [0.15, 0.2) is 0 Å². The summed E-state index contributed by atoms with van der Waals surface area (Å²) in [7, 11) is 0. The molecular formula is C14H14N2O4. The second kappa shape index (κ2) is 6.03. The van der Waals surface area contributed by atoms with Crippen molar-refractivity contribution in [1.82, 2.24) is 4.57 Å². The van der Waals surface area contributed by atoms with E-state index in [2.05, 4.69) is 5.32 Å². The maximum Gasteiger partial charge on any atom is 0.352 e. The Kier molecular flexibility index (Phi) is 4.17. The molecule has 104 valence electrons. The molecule has 6 nitrogen and oxygen atoms in total. The van der Waals surface area contributed by atoms with E-state index in [-0.39, 0.29) is 24.8 Å². The summed E-state index contributed by atoms with van der Waals surface area (Å²) >= 11 is 0. The van der Waals surface area contributed by atoms with Crippen LogP contribution in [0.4, 0.5) is 5.69 Å². The van der Waals surface area contributed by atoms with Gasteiger partial charge in [0, 0.05) is 11.9 Å². The number of anilines is 1. The highest BCUT2D eigenvalue weighted by atomic mass is 16.4. The fourth-order valence-corrected chi connectivity index (χ4v) is 1.79. The molecule has 0 aliphatic carbocycles. The lowest BCUT2D eigenvalue weighted by atomic mass is 10.2. The average Bonchev–Trinajstić information content (AvgIpc) is 2.87. The fraction of sp³-hybridized carbons (Fsp3) is 0.143. The fourth-order valence-electron chi connectivity index (χ4n) is 1.79. The molecule has 3 N–H and O–H groups in total. The van der Waals surface area contributed by atoms with Gasteiger partial charge in [-0.15, -0.1) is 0 Å².